The van der Waals surface area contributed by atoms with E-state index in [-0.39, 0.29) is 25.5 Å². The number of nitrogens with zero attached hydrogens (tertiary/aromatic N) is 2. The summed E-state index contributed by atoms with van der Waals surface area (Å²) in [6.45, 7) is 0.252. The maximum atomic E-state index is 12.5. The highest BCUT2D eigenvalue weighted by atomic mass is 35.5. The zero-order chi connectivity index (χ0) is 18.1. The van der Waals surface area contributed by atoms with Crippen LogP contribution in [-0.2, 0) is 6.54 Å². The van der Waals surface area contributed by atoms with Gasteiger partial charge in [0, 0.05) is 11.1 Å². The molecule has 0 saturated carbocycles. The van der Waals surface area contributed by atoms with Crippen molar-refractivity contribution in [2.75, 3.05) is 13.4 Å². The molecular formula is C18H15ClN2O5. The number of hydrogen-bond donors (Lipinski definition) is 1. The first-order valence-corrected chi connectivity index (χ1v) is 8.33. The number of ether oxygens (including phenoxy) is 3. The lowest BCUT2D eigenvalue weighted by molar-refractivity contribution is 0.0913. The minimum absolute atomic E-state index is 0.0136. The molecule has 0 saturated heterocycles. The van der Waals surface area contributed by atoms with Gasteiger partial charge in [0.1, 0.15) is 18.5 Å². The van der Waals surface area contributed by atoms with Crippen LogP contribution in [0.5, 0.6) is 17.2 Å². The molecule has 8 heteroatoms. The molecule has 3 aromatic rings. The molecule has 0 amide bonds. The van der Waals surface area contributed by atoms with Crippen LogP contribution in [0.1, 0.15) is 0 Å². The van der Waals surface area contributed by atoms with Gasteiger partial charge in [-0.25, -0.2) is 4.98 Å². The van der Waals surface area contributed by atoms with E-state index in [9.17, 15) is 9.90 Å². The molecule has 2 heterocycles. The molecule has 1 aliphatic rings. The molecule has 1 atom stereocenters. The van der Waals surface area contributed by atoms with E-state index in [2.05, 4.69) is 4.98 Å². The second-order valence-electron chi connectivity index (χ2n) is 5.84. The Kier molecular flexibility index (Phi) is 4.40. The van der Waals surface area contributed by atoms with Crippen molar-refractivity contribution < 1.29 is 19.3 Å². The van der Waals surface area contributed by atoms with Gasteiger partial charge in [0.25, 0.3) is 5.56 Å². The van der Waals surface area contributed by atoms with Crippen LogP contribution in [0, 0.1) is 0 Å². The first kappa shape index (κ1) is 16.7. The van der Waals surface area contributed by atoms with E-state index in [0.29, 0.717) is 33.2 Å². The Balaban J connectivity index is 1.45. The number of fused-ring (bicyclic) bond motifs is 2. The van der Waals surface area contributed by atoms with E-state index in [4.69, 9.17) is 25.8 Å². The molecule has 0 aliphatic carbocycles. The summed E-state index contributed by atoms with van der Waals surface area (Å²) >= 11 is 5.94. The van der Waals surface area contributed by atoms with Crippen molar-refractivity contribution in [1.82, 2.24) is 9.55 Å². The Bertz CT molecular complexity index is 1020. The average molecular weight is 375 g/mol. The summed E-state index contributed by atoms with van der Waals surface area (Å²) in [5.41, 5.74) is 0.293. The Morgan fingerprint density at radius 2 is 2.08 bits per heavy atom. The van der Waals surface area contributed by atoms with E-state index >= 15 is 0 Å². The lowest BCUT2D eigenvalue weighted by atomic mass is 10.2. The van der Waals surface area contributed by atoms with Crippen molar-refractivity contribution in [3.8, 4) is 17.2 Å². The summed E-state index contributed by atoms with van der Waals surface area (Å²) in [5.74, 6) is 1.80. The molecule has 1 aliphatic heterocycles. The first-order chi connectivity index (χ1) is 12.6. The fourth-order valence-electron chi connectivity index (χ4n) is 2.70. The van der Waals surface area contributed by atoms with E-state index in [1.165, 1.54) is 10.9 Å². The Hall–Kier alpha value is -2.77. The minimum Gasteiger partial charge on any atom is -0.491 e. The van der Waals surface area contributed by atoms with Crippen molar-refractivity contribution in [3.05, 3.63) is 58.1 Å². The molecule has 0 spiro atoms. The van der Waals surface area contributed by atoms with Crippen LogP contribution in [0.4, 0.5) is 0 Å². The van der Waals surface area contributed by atoms with Crippen molar-refractivity contribution >= 4 is 22.5 Å². The van der Waals surface area contributed by atoms with Crippen molar-refractivity contribution in [2.24, 2.45) is 0 Å². The lowest BCUT2D eigenvalue weighted by Gasteiger charge is -2.14. The number of aromatic nitrogens is 2. The summed E-state index contributed by atoms with van der Waals surface area (Å²) < 4.78 is 17.4. The maximum absolute atomic E-state index is 12.5. The van der Waals surface area contributed by atoms with Crippen LogP contribution in [-0.4, -0.2) is 34.2 Å². The van der Waals surface area contributed by atoms with Crippen LogP contribution in [0.15, 0.2) is 47.5 Å². The Morgan fingerprint density at radius 1 is 1.23 bits per heavy atom. The highest BCUT2D eigenvalue weighted by Crippen LogP contribution is 2.35. The zero-order valence-corrected chi connectivity index (χ0v) is 14.3. The largest absolute Gasteiger partial charge is 0.491 e. The van der Waals surface area contributed by atoms with Crippen LogP contribution in [0.25, 0.3) is 10.9 Å². The van der Waals surface area contributed by atoms with Gasteiger partial charge < -0.3 is 19.3 Å². The zero-order valence-electron chi connectivity index (χ0n) is 13.6. The topological polar surface area (TPSA) is 82.8 Å². The number of hydrogen-bond acceptors (Lipinski definition) is 6. The third-order valence-corrected chi connectivity index (χ3v) is 4.22. The van der Waals surface area contributed by atoms with Gasteiger partial charge in [-0.15, -0.1) is 0 Å². The van der Waals surface area contributed by atoms with Gasteiger partial charge in [-0.3, -0.25) is 9.36 Å². The van der Waals surface area contributed by atoms with Crippen molar-refractivity contribution in [3.63, 3.8) is 0 Å². The van der Waals surface area contributed by atoms with Gasteiger partial charge in [0.2, 0.25) is 6.79 Å². The molecule has 0 fully saturated rings. The number of rotatable bonds is 5. The predicted molar refractivity (Wildman–Crippen MR) is 95.1 cm³/mol. The summed E-state index contributed by atoms with van der Waals surface area (Å²) in [6.07, 6.45) is 0.513. The third kappa shape index (κ3) is 3.31. The molecule has 1 aromatic heterocycles. The third-order valence-electron chi connectivity index (χ3n) is 3.98. The van der Waals surface area contributed by atoms with Crippen molar-refractivity contribution in [2.45, 2.75) is 12.6 Å². The second-order valence-corrected chi connectivity index (χ2v) is 6.28. The lowest BCUT2D eigenvalue weighted by Crippen LogP contribution is -2.30. The Labute approximate surface area is 153 Å². The summed E-state index contributed by atoms with van der Waals surface area (Å²) in [6, 6.07) is 10.1. The van der Waals surface area contributed by atoms with Crippen LogP contribution in [0.2, 0.25) is 5.02 Å². The molecule has 0 radical (unpaired) electrons. The SMILES string of the molecule is O=c1c2cc(Cl)ccc2ncn1C[C@@H](O)COc1ccc2c(c1)OCO2. The van der Waals surface area contributed by atoms with Gasteiger partial charge in [0.05, 0.1) is 23.8 Å². The molecule has 4 rings (SSSR count). The van der Waals surface area contributed by atoms with Crippen LogP contribution in [0.3, 0.4) is 0 Å². The second kappa shape index (κ2) is 6.86. The summed E-state index contributed by atoms with van der Waals surface area (Å²) in [5, 5.41) is 11.1. The predicted octanol–water partition coefficient (Wildman–Crippen LogP) is 2.22. The standard InChI is InChI=1S/C18H15ClN2O5/c19-11-1-3-15-14(5-11)18(23)21(9-20-15)7-12(22)8-24-13-2-4-16-17(6-13)26-10-25-16/h1-6,9,12,22H,7-8,10H2/t12-/m1/s1. The Morgan fingerprint density at radius 3 is 2.96 bits per heavy atom. The smallest absolute Gasteiger partial charge is 0.261 e. The van der Waals surface area contributed by atoms with Gasteiger partial charge >= 0.3 is 0 Å². The number of aliphatic hydroxyl groups is 1. The minimum atomic E-state index is -0.892. The van der Waals surface area contributed by atoms with Gasteiger partial charge in [-0.2, -0.15) is 0 Å². The number of halogens is 1. The van der Waals surface area contributed by atoms with Gasteiger partial charge in [0.15, 0.2) is 11.5 Å². The molecule has 0 unspecified atom stereocenters. The van der Waals surface area contributed by atoms with Gasteiger partial charge in [-0.05, 0) is 30.3 Å². The molecule has 134 valence electrons. The molecule has 26 heavy (non-hydrogen) atoms. The molecule has 2 aromatic carbocycles. The van der Waals surface area contributed by atoms with E-state index in [1.54, 1.807) is 36.4 Å². The summed E-state index contributed by atoms with van der Waals surface area (Å²) in [7, 11) is 0. The highest BCUT2D eigenvalue weighted by Gasteiger charge is 2.15. The average Bonchev–Trinajstić information content (AvgIpc) is 3.10. The van der Waals surface area contributed by atoms with E-state index in [0.717, 1.165) is 0 Å². The fraction of sp³-hybridized carbons (Fsp3) is 0.222. The molecule has 0 bridgehead atoms. The molecule has 7 nitrogen and oxygen atoms in total. The highest BCUT2D eigenvalue weighted by molar-refractivity contribution is 6.31. The summed E-state index contributed by atoms with van der Waals surface area (Å²) in [4.78, 5) is 16.7. The molecule has 1 N–H and O–H groups in total. The normalized spacial score (nSPS) is 13.8. The van der Waals surface area contributed by atoms with Crippen LogP contribution >= 0.6 is 11.6 Å². The monoisotopic (exact) mass is 374 g/mol. The van der Waals surface area contributed by atoms with E-state index < -0.39 is 6.10 Å². The van der Waals surface area contributed by atoms with Gasteiger partial charge in [-0.1, -0.05) is 11.6 Å². The fourth-order valence-corrected chi connectivity index (χ4v) is 2.87. The quantitative estimate of drug-likeness (QED) is 0.737. The number of aliphatic hydroxyl groups excluding tert-OH is 1. The number of benzene rings is 2. The van der Waals surface area contributed by atoms with E-state index in [1.807, 2.05) is 0 Å². The maximum Gasteiger partial charge on any atom is 0.261 e. The molecular weight excluding hydrogens is 360 g/mol. The first-order valence-electron chi connectivity index (χ1n) is 7.95. The van der Waals surface area contributed by atoms with Crippen molar-refractivity contribution in [1.29, 1.82) is 0 Å². The van der Waals surface area contributed by atoms with Crippen LogP contribution < -0.4 is 19.8 Å².